The van der Waals surface area contributed by atoms with E-state index in [9.17, 15) is 0 Å². The van der Waals surface area contributed by atoms with E-state index in [2.05, 4.69) is 26.6 Å². The standard InChI is InChI=1S/C23H49NSi/c1-5-6-11-18-23(24,20-13-14-21-25(2,3)4)19-12-10-17-22-15-8-7-9-16-22/h22H,5-21,24H2,1-4H3/p+1. The summed E-state index contributed by atoms with van der Waals surface area (Å²) in [6, 6.07) is 1.50. The van der Waals surface area contributed by atoms with Crippen molar-refractivity contribution in [3.05, 3.63) is 0 Å². The smallest absolute Gasteiger partial charge is 0.0945 e. The van der Waals surface area contributed by atoms with Gasteiger partial charge in [0, 0.05) is 27.3 Å². The molecule has 0 radical (unpaired) electrons. The third-order valence-corrected chi connectivity index (χ3v) is 8.34. The van der Waals surface area contributed by atoms with Crippen LogP contribution in [0, 0.1) is 5.92 Å². The Labute approximate surface area is 160 Å². The van der Waals surface area contributed by atoms with Gasteiger partial charge in [-0.05, 0) is 25.2 Å². The Hall–Kier alpha value is 0.177. The predicted octanol–water partition coefficient (Wildman–Crippen LogP) is 7.20. The average molecular weight is 369 g/mol. The highest BCUT2D eigenvalue weighted by molar-refractivity contribution is 6.76. The van der Waals surface area contributed by atoms with Gasteiger partial charge < -0.3 is 5.73 Å². The molecule has 0 aromatic heterocycles. The number of quaternary nitrogens is 1. The summed E-state index contributed by atoms with van der Waals surface area (Å²) in [4.78, 5) is 0. The molecule has 3 N–H and O–H groups in total. The number of hydrogen-bond donors (Lipinski definition) is 1. The molecule has 0 saturated heterocycles. The molecular weight excluding hydrogens is 318 g/mol. The van der Waals surface area contributed by atoms with Gasteiger partial charge in [-0.15, -0.1) is 0 Å². The molecule has 1 atom stereocenters. The monoisotopic (exact) mass is 368 g/mol. The minimum absolute atomic E-state index is 0.390. The maximum Gasteiger partial charge on any atom is 0.0945 e. The van der Waals surface area contributed by atoms with E-state index in [0.717, 1.165) is 5.92 Å². The highest BCUT2D eigenvalue weighted by Gasteiger charge is 2.28. The summed E-state index contributed by atoms with van der Waals surface area (Å²) in [5.74, 6) is 1.06. The van der Waals surface area contributed by atoms with Gasteiger partial charge in [0.2, 0.25) is 0 Å². The van der Waals surface area contributed by atoms with Crippen molar-refractivity contribution >= 4 is 8.07 Å². The third kappa shape index (κ3) is 12.2. The van der Waals surface area contributed by atoms with Crippen LogP contribution in [0.3, 0.4) is 0 Å². The van der Waals surface area contributed by atoms with E-state index in [-0.39, 0.29) is 0 Å². The summed E-state index contributed by atoms with van der Waals surface area (Å²) >= 11 is 0. The molecule has 0 spiro atoms. The van der Waals surface area contributed by atoms with E-state index in [4.69, 9.17) is 5.73 Å². The van der Waals surface area contributed by atoms with Crippen molar-refractivity contribution < 1.29 is 5.73 Å². The second kappa shape index (κ2) is 12.5. The van der Waals surface area contributed by atoms with Crippen molar-refractivity contribution in [1.29, 1.82) is 0 Å². The largest absolute Gasteiger partial charge is 0.353 e. The van der Waals surface area contributed by atoms with E-state index in [1.54, 1.807) is 0 Å². The van der Waals surface area contributed by atoms with Crippen molar-refractivity contribution in [2.45, 2.75) is 141 Å². The molecule has 1 nitrogen and oxygen atoms in total. The van der Waals surface area contributed by atoms with Crippen LogP contribution in [0.1, 0.15) is 110 Å². The van der Waals surface area contributed by atoms with Gasteiger partial charge >= 0.3 is 0 Å². The SMILES string of the molecule is CCCCCC([NH3+])(CCCCC1CCCCC1)CCCC[Si](C)(C)C. The molecule has 0 aliphatic heterocycles. The van der Waals surface area contributed by atoms with Gasteiger partial charge in [-0.25, -0.2) is 0 Å². The lowest BCUT2D eigenvalue weighted by molar-refractivity contribution is -0.484. The summed E-state index contributed by atoms with van der Waals surface area (Å²) in [7, 11) is -0.856. The number of hydrogen-bond acceptors (Lipinski definition) is 0. The molecule has 0 aromatic carbocycles. The summed E-state index contributed by atoms with van der Waals surface area (Å²) in [5.41, 5.74) is 5.16. The maximum absolute atomic E-state index is 4.77. The van der Waals surface area contributed by atoms with Crippen molar-refractivity contribution in [3.63, 3.8) is 0 Å². The van der Waals surface area contributed by atoms with Crippen LogP contribution in [-0.4, -0.2) is 13.6 Å². The quantitative estimate of drug-likeness (QED) is 0.248. The van der Waals surface area contributed by atoms with Gasteiger partial charge in [-0.2, -0.15) is 0 Å². The number of unbranched alkanes of at least 4 members (excludes halogenated alkanes) is 4. The van der Waals surface area contributed by atoms with Crippen LogP contribution in [0.2, 0.25) is 25.7 Å². The van der Waals surface area contributed by atoms with Crippen molar-refractivity contribution in [2.75, 3.05) is 0 Å². The van der Waals surface area contributed by atoms with Crippen LogP contribution in [0.25, 0.3) is 0 Å². The molecule has 150 valence electrons. The van der Waals surface area contributed by atoms with E-state index in [1.807, 2.05) is 0 Å². The molecule has 1 aliphatic carbocycles. The predicted molar refractivity (Wildman–Crippen MR) is 117 cm³/mol. The van der Waals surface area contributed by atoms with Crippen LogP contribution in [0.5, 0.6) is 0 Å². The third-order valence-electron chi connectivity index (χ3n) is 6.49. The van der Waals surface area contributed by atoms with E-state index in [0.29, 0.717) is 5.54 Å². The highest BCUT2D eigenvalue weighted by Crippen LogP contribution is 2.30. The van der Waals surface area contributed by atoms with E-state index < -0.39 is 8.07 Å². The molecule has 0 heterocycles. The second-order valence-corrected chi connectivity index (χ2v) is 16.1. The summed E-state index contributed by atoms with van der Waals surface area (Å²) in [6.07, 6.45) is 23.1. The van der Waals surface area contributed by atoms with Gasteiger partial charge in [0.05, 0.1) is 5.54 Å². The van der Waals surface area contributed by atoms with Crippen molar-refractivity contribution in [3.8, 4) is 0 Å². The molecule has 1 saturated carbocycles. The van der Waals surface area contributed by atoms with Gasteiger partial charge in [0.15, 0.2) is 0 Å². The Kier molecular flexibility index (Phi) is 11.6. The Bertz CT molecular complexity index is 317. The Morgan fingerprint density at radius 3 is 1.92 bits per heavy atom. The molecule has 25 heavy (non-hydrogen) atoms. The average Bonchev–Trinajstić information content (AvgIpc) is 2.56. The van der Waals surface area contributed by atoms with E-state index >= 15 is 0 Å². The summed E-state index contributed by atoms with van der Waals surface area (Å²) in [6.45, 7) is 9.85. The molecule has 0 aromatic rings. The molecule has 0 amide bonds. The van der Waals surface area contributed by atoms with Gasteiger partial charge in [0.25, 0.3) is 0 Å². The van der Waals surface area contributed by atoms with Gasteiger partial charge in [-0.1, -0.05) is 96.8 Å². The van der Waals surface area contributed by atoms with Crippen LogP contribution in [0.15, 0.2) is 0 Å². The highest BCUT2D eigenvalue weighted by atomic mass is 28.3. The van der Waals surface area contributed by atoms with E-state index in [1.165, 1.54) is 109 Å². The molecule has 1 unspecified atom stereocenters. The minimum atomic E-state index is -0.856. The Morgan fingerprint density at radius 1 is 0.800 bits per heavy atom. The fraction of sp³-hybridized carbons (Fsp3) is 1.00. The second-order valence-electron chi connectivity index (χ2n) is 10.5. The Balaban J connectivity index is 2.28. The first-order valence-corrected chi connectivity index (χ1v) is 15.4. The van der Waals surface area contributed by atoms with Crippen molar-refractivity contribution in [1.82, 2.24) is 0 Å². The summed E-state index contributed by atoms with van der Waals surface area (Å²) in [5, 5.41) is 0. The van der Waals surface area contributed by atoms with Crippen LogP contribution >= 0.6 is 0 Å². The van der Waals surface area contributed by atoms with Crippen LogP contribution in [-0.2, 0) is 0 Å². The lowest BCUT2D eigenvalue weighted by Crippen LogP contribution is -2.72. The van der Waals surface area contributed by atoms with Crippen LogP contribution < -0.4 is 5.73 Å². The number of rotatable bonds is 14. The zero-order chi connectivity index (χ0) is 18.6. The molecule has 1 aliphatic rings. The normalized spacial score (nSPS) is 19.1. The molecule has 2 heteroatoms. The minimum Gasteiger partial charge on any atom is -0.353 e. The summed E-state index contributed by atoms with van der Waals surface area (Å²) < 4.78 is 0. The lowest BCUT2D eigenvalue weighted by Gasteiger charge is -2.27. The van der Waals surface area contributed by atoms with Crippen molar-refractivity contribution in [2.24, 2.45) is 5.92 Å². The zero-order valence-electron chi connectivity index (χ0n) is 18.3. The fourth-order valence-electron chi connectivity index (χ4n) is 4.69. The Morgan fingerprint density at radius 2 is 1.36 bits per heavy atom. The first kappa shape index (κ1) is 23.2. The van der Waals surface area contributed by atoms with Gasteiger partial charge in [-0.3, -0.25) is 0 Å². The first-order chi connectivity index (χ1) is 11.8. The molecular formula is C23H50NSi+. The molecule has 1 fully saturated rings. The molecule has 1 rings (SSSR count). The maximum atomic E-state index is 4.77. The topological polar surface area (TPSA) is 27.6 Å². The zero-order valence-corrected chi connectivity index (χ0v) is 19.3. The fourth-order valence-corrected chi connectivity index (χ4v) is 6.00. The first-order valence-electron chi connectivity index (χ1n) is 11.7. The lowest BCUT2D eigenvalue weighted by atomic mass is 9.81. The molecule has 0 bridgehead atoms. The van der Waals surface area contributed by atoms with Gasteiger partial charge in [0.1, 0.15) is 0 Å². The van der Waals surface area contributed by atoms with Crippen LogP contribution in [0.4, 0.5) is 0 Å².